The smallest absolute Gasteiger partial charge is 0.0991 e. The van der Waals surface area contributed by atoms with Crippen LogP contribution < -0.4 is 0 Å². The summed E-state index contributed by atoms with van der Waals surface area (Å²) >= 11 is 1.78. The van der Waals surface area contributed by atoms with Crippen LogP contribution in [-0.2, 0) is 12.8 Å². The summed E-state index contributed by atoms with van der Waals surface area (Å²) in [6.45, 7) is 7.78. The lowest BCUT2D eigenvalue weighted by atomic mass is 9.98. The van der Waals surface area contributed by atoms with Gasteiger partial charge in [0.05, 0.1) is 23.3 Å². The first-order chi connectivity index (χ1) is 23.0. The van der Waals surface area contributed by atoms with Gasteiger partial charge in [0.2, 0.25) is 0 Å². The Bertz CT molecular complexity index is 1970. The maximum Gasteiger partial charge on any atom is 0.0991 e. The third kappa shape index (κ3) is 7.51. The van der Waals surface area contributed by atoms with E-state index in [4.69, 9.17) is 0 Å². The molecule has 0 radical (unpaired) electrons. The monoisotopic (exact) mass is 620 g/mol. The summed E-state index contributed by atoms with van der Waals surface area (Å²) in [4.78, 5) is 2.37. The zero-order valence-corrected chi connectivity index (χ0v) is 26.8. The molecule has 47 heavy (non-hydrogen) atoms. The topological polar surface area (TPSA) is 47.6 Å². The van der Waals surface area contributed by atoms with E-state index in [2.05, 4.69) is 110 Å². The van der Waals surface area contributed by atoms with Gasteiger partial charge in [-0.3, -0.25) is 0 Å². The number of nitriles is 2. The third-order valence-electron chi connectivity index (χ3n) is 8.26. The lowest BCUT2D eigenvalue weighted by Crippen LogP contribution is -1.96. The summed E-state index contributed by atoms with van der Waals surface area (Å²) in [6, 6.07) is 50.5. The third-order valence-corrected chi connectivity index (χ3v) is 9.49. The average molecular weight is 621 g/mol. The molecule has 6 rings (SSSR count). The first-order valence-corrected chi connectivity index (χ1v) is 16.2. The second-order valence-corrected chi connectivity index (χ2v) is 12.5. The number of benzene rings is 6. The average Bonchev–Trinajstić information content (AvgIpc) is 3.13. The second-order valence-electron chi connectivity index (χ2n) is 11.4. The van der Waals surface area contributed by atoms with Gasteiger partial charge in [0.25, 0.3) is 0 Å². The Morgan fingerprint density at radius 2 is 0.830 bits per heavy atom. The molecule has 3 heteroatoms. The molecule has 0 aromatic heterocycles. The van der Waals surface area contributed by atoms with Crippen LogP contribution in [0.1, 0.15) is 44.5 Å². The van der Waals surface area contributed by atoms with Gasteiger partial charge in [-0.25, -0.2) is 0 Å². The van der Waals surface area contributed by atoms with E-state index >= 15 is 0 Å². The summed E-state index contributed by atoms with van der Waals surface area (Å²) in [5.41, 5.74) is 12.9. The van der Waals surface area contributed by atoms with Crippen LogP contribution >= 0.6 is 11.8 Å². The van der Waals surface area contributed by atoms with Crippen molar-refractivity contribution in [3.05, 3.63) is 191 Å². The minimum atomic E-state index is 0.658. The van der Waals surface area contributed by atoms with Crippen LogP contribution in [0.15, 0.2) is 156 Å². The fourth-order valence-electron chi connectivity index (χ4n) is 5.57. The van der Waals surface area contributed by atoms with Gasteiger partial charge in [0, 0.05) is 9.79 Å². The zero-order valence-electron chi connectivity index (χ0n) is 26.0. The maximum absolute atomic E-state index is 9.32. The molecule has 0 aliphatic rings. The molecule has 0 saturated heterocycles. The van der Waals surface area contributed by atoms with Gasteiger partial charge in [-0.2, -0.15) is 10.5 Å². The van der Waals surface area contributed by atoms with E-state index < -0.39 is 0 Å². The maximum atomic E-state index is 9.32. The van der Waals surface area contributed by atoms with Gasteiger partial charge >= 0.3 is 0 Å². The van der Waals surface area contributed by atoms with Crippen molar-refractivity contribution in [1.82, 2.24) is 0 Å². The Labute approximate surface area is 281 Å². The van der Waals surface area contributed by atoms with Gasteiger partial charge in [-0.1, -0.05) is 122 Å². The van der Waals surface area contributed by atoms with Crippen LogP contribution in [0.2, 0.25) is 0 Å². The van der Waals surface area contributed by atoms with E-state index in [-0.39, 0.29) is 0 Å². The number of nitrogens with zero attached hydrogens (tertiary/aromatic N) is 2. The van der Waals surface area contributed by atoms with Crippen molar-refractivity contribution in [1.29, 1.82) is 10.5 Å². The summed E-state index contributed by atoms with van der Waals surface area (Å²) in [6.07, 6.45) is 5.20. The highest BCUT2D eigenvalue weighted by atomic mass is 32.2. The van der Waals surface area contributed by atoms with Crippen LogP contribution in [0.5, 0.6) is 0 Å². The van der Waals surface area contributed by atoms with Crippen molar-refractivity contribution < 1.29 is 0 Å². The lowest BCUT2D eigenvalue weighted by Gasteiger charge is -2.16. The Morgan fingerprint density at radius 3 is 1.17 bits per heavy atom. The van der Waals surface area contributed by atoms with E-state index in [1.165, 1.54) is 20.9 Å². The van der Waals surface area contributed by atoms with Gasteiger partial charge in [-0.15, -0.1) is 0 Å². The minimum Gasteiger partial charge on any atom is -0.192 e. The largest absolute Gasteiger partial charge is 0.192 e. The molecule has 0 N–H and O–H groups in total. The summed E-state index contributed by atoms with van der Waals surface area (Å²) in [5, 5.41) is 18.6. The van der Waals surface area contributed by atoms with Crippen LogP contribution in [-0.4, -0.2) is 0 Å². The molecule has 0 bridgehead atoms. The van der Waals surface area contributed by atoms with Gasteiger partial charge in [0.1, 0.15) is 0 Å². The molecule has 6 aromatic rings. The summed E-state index contributed by atoms with van der Waals surface area (Å²) in [7, 11) is 0. The highest BCUT2D eigenvalue weighted by Gasteiger charge is 2.14. The van der Waals surface area contributed by atoms with E-state index in [1.54, 1.807) is 11.8 Å². The lowest BCUT2D eigenvalue weighted by molar-refractivity contribution is 1.11. The standard InChI is InChI=1S/C44H32N2S/c1-3-31-13-17-37(18-14-31)39-21-23-43(41(27-39)25-33-5-9-35(29-45)10-6-33)47-44-24-22-40(38-19-15-32(4-2)16-20-38)28-42(44)26-34-7-11-36(30-46)12-8-34/h3-24,27-28H,1-2,25-26H2. The normalized spacial score (nSPS) is 10.5. The molecular formula is C44H32N2S. The van der Waals surface area contributed by atoms with Crippen LogP contribution in [0.4, 0.5) is 0 Å². The van der Waals surface area contributed by atoms with Crippen LogP contribution in [0, 0.1) is 22.7 Å². The fraction of sp³-hybridized carbons (Fsp3) is 0.0455. The number of rotatable bonds is 10. The number of hydrogen-bond donors (Lipinski definition) is 0. The first kappa shape index (κ1) is 31.1. The van der Waals surface area contributed by atoms with E-state index in [0.717, 1.165) is 57.3 Å². The molecule has 0 atom stereocenters. The highest BCUT2D eigenvalue weighted by Crippen LogP contribution is 2.38. The van der Waals surface area contributed by atoms with Gasteiger partial charge in [0.15, 0.2) is 0 Å². The molecule has 6 aromatic carbocycles. The number of hydrogen-bond acceptors (Lipinski definition) is 3. The minimum absolute atomic E-state index is 0.658. The van der Waals surface area contributed by atoms with Crippen molar-refractivity contribution in [2.24, 2.45) is 0 Å². The van der Waals surface area contributed by atoms with E-state index in [9.17, 15) is 10.5 Å². The molecule has 0 saturated carbocycles. The fourth-order valence-corrected chi connectivity index (χ4v) is 6.60. The van der Waals surface area contributed by atoms with Crippen molar-refractivity contribution in [3.63, 3.8) is 0 Å². The molecule has 0 unspecified atom stereocenters. The zero-order chi connectivity index (χ0) is 32.6. The predicted molar refractivity (Wildman–Crippen MR) is 196 cm³/mol. The molecule has 2 nitrogen and oxygen atoms in total. The van der Waals surface area contributed by atoms with Crippen molar-refractivity contribution in [2.45, 2.75) is 22.6 Å². The van der Waals surface area contributed by atoms with E-state index in [1.807, 2.05) is 60.7 Å². The molecular weight excluding hydrogens is 589 g/mol. The summed E-state index contributed by atoms with van der Waals surface area (Å²) < 4.78 is 0. The Morgan fingerprint density at radius 1 is 0.468 bits per heavy atom. The quantitative estimate of drug-likeness (QED) is 0.153. The predicted octanol–water partition coefficient (Wildman–Crippen LogP) is 11.4. The van der Waals surface area contributed by atoms with Gasteiger partial charge < -0.3 is 0 Å². The van der Waals surface area contributed by atoms with E-state index in [0.29, 0.717) is 11.1 Å². The summed E-state index contributed by atoms with van der Waals surface area (Å²) in [5.74, 6) is 0. The van der Waals surface area contributed by atoms with Crippen molar-refractivity contribution >= 4 is 23.9 Å². The molecule has 0 spiro atoms. The molecule has 0 aliphatic carbocycles. The first-order valence-electron chi connectivity index (χ1n) is 15.4. The molecule has 0 fully saturated rings. The Hall–Kier alpha value is -5.87. The Kier molecular flexibility index (Phi) is 9.59. The Balaban J connectivity index is 1.40. The highest BCUT2D eigenvalue weighted by molar-refractivity contribution is 7.99. The van der Waals surface area contributed by atoms with Crippen LogP contribution in [0.25, 0.3) is 34.4 Å². The molecule has 0 heterocycles. The van der Waals surface area contributed by atoms with Crippen molar-refractivity contribution in [2.75, 3.05) is 0 Å². The second kappa shape index (κ2) is 14.5. The SMILES string of the molecule is C=Cc1ccc(-c2ccc(Sc3ccc(-c4ccc(C=C)cc4)cc3Cc3ccc(C#N)cc3)c(Cc3ccc(C#N)cc3)c2)cc1. The molecule has 0 aliphatic heterocycles. The van der Waals surface area contributed by atoms with Crippen molar-refractivity contribution in [3.8, 4) is 34.4 Å². The van der Waals surface area contributed by atoms with Gasteiger partial charge in [-0.05, 0) is 117 Å². The van der Waals surface area contributed by atoms with Crippen LogP contribution in [0.3, 0.4) is 0 Å². The molecule has 224 valence electrons. The molecule has 0 amide bonds.